The summed E-state index contributed by atoms with van der Waals surface area (Å²) < 4.78 is 13.5. The minimum absolute atomic E-state index is 0.0717. The van der Waals surface area contributed by atoms with Crippen molar-refractivity contribution in [2.45, 2.75) is 32.3 Å². The number of rotatable bonds is 3. The van der Waals surface area contributed by atoms with Gasteiger partial charge in [0.15, 0.2) is 0 Å². The topological polar surface area (TPSA) is 49.3 Å². The van der Waals surface area contributed by atoms with E-state index in [1.165, 1.54) is 12.1 Å². The van der Waals surface area contributed by atoms with Crippen molar-refractivity contribution in [3.05, 3.63) is 35.1 Å². The lowest BCUT2D eigenvalue weighted by molar-refractivity contribution is 0.0913. The summed E-state index contributed by atoms with van der Waals surface area (Å²) >= 11 is 0. The van der Waals surface area contributed by atoms with Gasteiger partial charge in [-0.25, -0.2) is 4.39 Å². The number of carbonyl (C=O) groups is 1. The van der Waals surface area contributed by atoms with E-state index in [9.17, 15) is 14.3 Å². The van der Waals surface area contributed by atoms with Gasteiger partial charge >= 0.3 is 0 Å². The first kappa shape index (κ1) is 13.0. The molecule has 0 radical (unpaired) electrons. The third kappa shape index (κ3) is 2.88. The number of hydrogen-bond donors (Lipinski definition) is 2. The molecule has 0 spiro atoms. The van der Waals surface area contributed by atoms with E-state index in [1.54, 1.807) is 6.07 Å². The third-order valence-electron chi connectivity index (χ3n) is 3.51. The zero-order valence-electron chi connectivity index (χ0n) is 10.4. The fourth-order valence-electron chi connectivity index (χ4n) is 2.39. The van der Waals surface area contributed by atoms with Crippen molar-refractivity contribution in [2.24, 2.45) is 5.92 Å². The van der Waals surface area contributed by atoms with Gasteiger partial charge in [-0.05, 0) is 31.9 Å². The Balaban J connectivity index is 1.97. The van der Waals surface area contributed by atoms with Gasteiger partial charge in [-0.1, -0.05) is 18.1 Å². The highest BCUT2D eigenvalue weighted by Gasteiger charge is 2.25. The van der Waals surface area contributed by atoms with Crippen LogP contribution >= 0.6 is 0 Å². The highest BCUT2D eigenvalue weighted by atomic mass is 19.1. The molecule has 0 aromatic heterocycles. The number of nitrogens with one attached hydrogen (secondary N) is 1. The summed E-state index contributed by atoms with van der Waals surface area (Å²) in [6.45, 7) is 2.23. The SMILES string of the molecule is Cc1ccc(F)c(C(=O)NCC2CCCC2O)c1. The van der Waals surface area contributed by atoms with E-state index in [-0.39, 0.29) is 17.6 Å². The maximum atomic E-state index is 13.5. The van der Waals surface area contributed by atoms with Crippen LogP contribution in [0.5, 0.6) is 0 Å². The standard InChI is InChI=1S/C14H18FNO2/c1-9-5-6-12(15)11(7-9)14(18)16-8-10-3-2-4-13(10)17/h5-7,10,13,17H,2-4,8H2,1H3,(H,16,18). The number of halogens is 1. The van der Waals surface area contributed by atoms with Crippen LogP contribution in [0, 0.1) is 18.7 Å². The van der Waals surface area contributed by atoms with E-state index >= 15 is 0 Å². The Morgan fingerprint density at radius 1 is 1.50 bits per heavy atom. The van der Waals surface area contributed by atoms with Crippen molar-refractivity contribution in [3.8, 4) is 0 Å². The second-order valence-corrected chi connectivity index (χ2v) is 4.95. The van der Waals surface area contributed by atoms with Gasteiger partial charge in [0.05, 0.1) is 11.7 Å². The molecule has 1 aromatic rings. The molecule has 1 aromatic carbocycles. The quantitative estimate of drug-likeness (QED) is 0.863. The second kappa shape index (κ2) is 5.48. The Bertz CT molecular complexity index is 447. The number of hydrogen-bond acceptors (Lipinski definition) is 2. The molecule has 2 rings (SSSR count). The van der Waals surface area contributed by atoms with Gasteiger partial charge in [0, 0.05) is 12.5 Å². The lowest BCUT2D eigenvalue weighted by Crippen LogP contribution is -2.32. The van der Waals surface area contributed by atoms with Gasteiger partial charge in [0.2, 0.25) is 0 Å². The molecule has 1 fully saturated rings. The minimum Gasteiger partial charge on any atom is -0.393 e. The summed E-state index contributed by atoms with van der Waals surface area (Å²) in [5.41, 5.74) is 0.921. The molecule has 0 saturated heterocycles. The number of aliphatic hydroxyl groups excluding tert-OH is 1. The van der Waals surface area contributed by atoms with Gasteiger partial charge in [0.1, 0.15) is 5.82 Å². The maximum Gasteiger partial charge on any atom is 0.254 e. The first-order valence-electron chi connectivity index (χ1n) is 6.30. The highest BCUT2D eigenvalue weighted by Crippen LogP contribution is 2.24. The summed E-state index contributed by atoms with van der Waals surface area (Å²) in [6, 6.07) is 4.47. The third-order valence-corrected chi connectivity index (χ3v) is 3.51. The Kier molecular flexibility index (Phi) is 3.97. The molecule has 2 atom stereocenters. The number of aliphatic hydroxyl groups is 1. The molecule has 1 aliphatic carbocycles. The fraction of sp³-hybridized carbons (Fsp3) is 0.500. The Morgan fingerprint density at radius 2 is 2.28 bits per heavy atom. The van der Waals surface area contributed by atoms with E-state index in [2.05, 4.69) is 5.32 Å². The highest BCUT2D eigenvalue weighted by molar-refractivity contribution is 5.94. The Hall–Kier alpha value is -1.42. The van der Waals surface area contributed by atoms with Crippen LogP contribution in [0.2, 0.25) is 0 Å². The molecular weight excluding hydrogens is 233 g/mol. The largest absolute Gasteiger partial charge is 0.393 e. The molecule has 2 N–H and O–H groups in total. The van der Waals surface area contributed by atoms with Crippen LogP contribution in [-0.4, -0.2) is 23.7 Å². The average Bonchev–Trinajstić information content (AvgIpc) is 2.75. The summed E-state index contributed by atoms with van der Waals surface area (Å²) in [7, 11) is 0. The van der Waals surface area contributed by atoms with Gasteiger partial charge in [-0.2, -0.15) is 0 Å². The molecule has 1 amide bonds. The molecule has 98 valence electrons. The van der Waals surface area contributed by atoms with Crippen LogP contribution in [0.1, 0.15) is 35.2 Å². The molecular formula is C14H18FNO2. The molecule has 18 heavy (non-hydrogen) atoms. The Labute approximate surface area is 106 Å². The van der Waals surface area contributed by atoms with Crippen molar-refractivity contribution < 1.29 is 14.3 Å². The predicted molar refractivity (Wildman–Crippen MR) is 66.8 cm³/mol. The van der Waals surface area contributed by atoms with Crippen LogP contribution in [-0.2, 0) is 0 Å². The zero-order chi connectivity index (χ0) is 13.1. The van der Waals surface area contributed by atoms with Gasteiger partial charge in [-0.3, -0.25) is 4.79 Å². The van der Waals surface area contributed by atoms with Gasteiger partial charge < -0.3 is 10.4 Å². The van der Waals surface area contributed by atoms with Crippen molar-refractivity contribution in [3.63, 3.8) is 0 Å². The number of benzene rings is 1. The minimum atomic E-state index is -0.509. The molecule has 0 aliphatic heterocycles. The first-order valence-corrected chi connectivity index (χ1v) is 6.30. The van der Waals surface area contributed by atoms with Crippen LogP contribution in [0.25, 0.3) is 0 Å². The summed E-state index contributed by atoms with van der Waals surface area (Å²) in [5.74, 6) is -0.817. The van der Waals surface area contributed by atoms with Crippen molar-refractivity contribution in [2.75, 3.05) is 6.54 Å². The van der Waals surface area contributed by atoms with Crippen molar-refractivity contribution in [1.29, 1.82) is 0 Å². The van der Waals surface area contributed by atoms with E-state index in [1.807, 2.05) is 6.92 Å². The molecule has 1 aliphatic rings. The second-order valence-electron chi connectivity index (χ2n) is 4.95. The Morgan fingerprint density at radius 3 is 2.94 bits per heavy atom. The van der Waals surface area contributed by atoms with Gasteiger partial charge in [0.25, 0.3) is 5.91 Å². The van der Waals surface area contributed by atoms with Crippen molar-refractivity contribution >= 4 is 5.91 Å². The molecule has 3 nitrogen and oxygen atoms in total. The summed E-state index contributed by atoms with van der Waals surface area (Å²) in [5, 5.41) is 12.3. The van der Waals surface area contributed by atoms with Gasteiger partial charge in [-0.15, -0.1) is 0 Å². The fourth-order valence-corrected chi connectivity index (χ4v) is 2.39. The van der Waals surface area contributed by atoms with E-state index < -0.39 is 11.7 Å². The van der Waals surface area contributed by atoms with Crippen LogP contribution < -0.4 is 5.32 Å². The lowest BCUT2D eigenvalue weighted by atomic mass is 10.1. The number of carbonyl (C=O) groups excluding carboxylic acids is 1. The lowest BCUT2D eigenvalue weighted by Gasteiger charge is -2.15. The van der Waals surface area contributed by atoms with E-state index in [0.29, 0.717) is 6.54 Å². The zero-order valence-corrected chi connectivity index (χ0v) is 10.4. The summed E-state index contributed by atoms with van der Waals surface area (Å²) in [6.07, 6.45) is 2.35. The molecule has 0 heterocycles. The average molecular weight is 251 g/mol. The monoisotopic (exact) mass is 251 g/mol. The molecule has 2 unspecified atom stereocenters. The normalized spacial score (nSPS) is 23.1. The maximum absolute atomic E-state index is 13.5. The molecule has 0 bridgehead atoms. The van der Waals surface area contributed by atoms with Crippen LogP contribution in [0.3, 0.4) is 0 Å². The first-order chi connectivity index (χ1) is 8.58. The number of amides is 1. The number of aryl methyl sites for hydroxylation is 1. The van der Waals surface area contributed by atoms with E-state index in [4.69, 9.17) is 0 Å². The molecule has 1 saturated carbocycles. The van der Waals surface area contributed by atoms with Crippen LogP contribution in [0.4, 0.5) is 4.39 Å². The summed E-state index contributed by atoms with van der Waals surface area (Å²) in [4.78, 5) is 11.8. The van der Waals surface area contributed by atoms with Crippen LogP contribution in [0.15, 0.2) is 18.2 Å². The predicted octanol–water partition coefficient (Wildman–Crippen LogP) is 2.02. The van der Waals surface area contributed by atoms with Crippen molar-refractivity contribution in [1.82, 2.24) is 5.32 Å². The molecule has 4 heteroatoms. The smallest absolute Gasteiger partial charge is 0.254 e. The van der Waals surface area contributed by atoms with E-state index in [0.717, 1.165) is 24.8 Å².